The Hall–Kier alpha value is -2.31. The third kappa shape index (κ3) is 3.37. The van der Waals surface area contributed by atoms with Crippen LogP contribution in [0.25, 0.3) is 0 Å². The number of carbonyl (C=O) groups is 1. The predicted molar refractivity (Wildman–Crippen MR) is 74.4 cm³/mol. The number of pyridine rings is 1. The van der Waals surface area contributed by atoms with Gasteiger partial charge < -0.3 is 21.0 Å². The molecule has 4 N–H and O–H groups in total. The quantitative estimate of drug-likeness (QED) is 0.310. The first kappa shape index (κ1) is 15.7. The lowest BCUT2D eigenvalue weighted by molar-refractivity contribution is -0.127. The molecule has 0 spiro atoms. The van der Waals surface area contributed by atoms with E-state index in [-0.39, 0.29) is 11.7 Å². The largest absolute Gasteiger partial charge is 0.481 e. The van der Waals surface area contributed by atoms with Crippen LogP contribution in [0.3, 0.4) is 0 Å². The van der Waals surface area contributed by atoms with Crippen molar-refractivity contribution in [2.75, 3.05) is 7.11 Å². The van der Waals surface area contributed by atoms with Gasteiger partial charge >= 0.3 is 0 Å². The molecule has 7 nitrogen and oxygen atoms in total. The van der Waals surface area contributed by atoms with E-state index in [1.54, 1.807) is 32.2 Å². The van der Waals surface area contributed by atoms with Crippen LogP contribution in [0.5, 0.6) is 5.88 Å². The molecule has 20 heavy (non-hydrogen) atoms. The fraction of sp³-hybridized carbons (Fsp3) is 0.462. The molecule has 1 aromatic rings. The Morgan fingerprint density at radius 3 is 2.90 bits per heavy atom. The monoisotopic (exact) mass is 280 g/mol. The number of ether oxygens (including phenoxy) is 1. The summed E-state index contributed by atoms with van der Waals surface area (Å²) in [5.74, 6) is 0.0716. The van der Waals surface area contributed by atoms with E-state index in [1.807, 2.05) is 0 Å². The summed E-state index contributed by atoms with van der Waals surface area (Å²) < 4.78 is 5.01. The summed E-state index contributed by atoms with van der Waals surface area (Å²) in [5.41, 5.74) is 5.40. The number of hydrogen-bond acceptors (Lipinski definition) is 5. The SMILES string of the molecule is CCC(C)(C(=O)NCc1ccnc(OC)c1)/C(N)=N/O. The molecule has 0 saturated heterocycles. The van der Waals surface area contributed by atoms with Crippen molar-refractivity contribution in [3.05, 3.63) is 23.9 Å². The second-order valence-electron chi connectivity index (χ2n) is 4.56. The first-order valence-electron chi connectivity index (χ1n) is 6.23. The van der Waals surface area contributed by atoms with E-state index in [1.165, 1.54) is 7.11 Å². The number of aromatic nitrogens is 1. The zero-order chi connectivity index (χ0) is 15.2. The van der Waals surface area contributed by atoms with E-state index in [0.29, 0.717) is 18.8 Å². The molecule has 0 radical (unpaired) electrons. The summed E-state index contributed by atoms with van der Waals surface area (Å²) in [6.45, 7) is 3.74. The maximum atomic E-state index is 12.2. The number of hydrogen-bond donors (Lipinski definition) is 3. The highest BCUT2D eigenvalue weighted by Crippen LogP contribution is 2.21. The van der Waals surface area contributed by atoms with Crippen molar-refractivity contribution in [2.45, 2.75) is 26.8 Å². The highest BCUT2D eigenvalue weighted by molar-refractivity contribution is 6.06. The van der Waals surface area contributed by atoms with E-state index in [0.717, 1.165) is 5.56 Å². The van der Waals surface area contributed by atoms with Gasteiger partial charge in [0.15, 0.2) is 5.84 Å². The molecule has 1 unspecified atom stereocenters. The van der Waals surface area contributed by atoms with Crippen molar-refractivity contribution in [1.29, 1.82) is 0 Å². The van der Waals surface area contributed by atoms with Gasteiger partial charge in [-0.25, -0.2) is 4.98 Å². The van der Waals surface area contributed by atoms with E-state index in [9.17, 15) is 4.79 Å². The number of amides is 1. The lowest BCUT2D eigenvalue weighted by atomic mass is 9.85. The van der Waals surface area contributed by atoms with Gasteiger partial charge in [-0.1, -0.05) is 12.1 Å². The van der Waals surface area contributed by atoms with Crippen LogP contribution in [0.1, 0.15) is 25.8 Å². The number of amidine groups is 1. The number of oxime groups is 1. The molecule has 0 aliphatic rings. The summed E-state index contributed by atoms with van der Waals surface area (Å²) in [5, 5.41) is 14.5. The Morgan fingerprint density at radius 1 is 1.65 bits per heavy atom. The van der Waals surface area contributed by atoms with Crippen molar-refractivity contribution in [3.63, 3.8) is 0 Å². The summed E-state index contributed by atoms with van der Waals surface area (Å²) >= 11 is 0. The summed E-state index contributed by atoms with van der Waals surface area (Å²) in [4.78, 5) is 16.2. The molecule has 110 valence electrons. The average molecular weight is 280 g/mol. The van der Waals surface area contributed by atoms with Crippen LogP contribution in [-0.2, 0) is 11.3 Å². The highest BCUT2D eigenvalue weighted by atomic mass is 16.5. The molecule has 0 aliphatic heterocycles. The van der Waals surface area contributed by atoms with Crippen LogP contribution in [-0.4, -0.2) is 29.0 Å². The van der Waals surface area contributed by atoms with Gasteiger partial charge in [-0.3, -0.25) is 4.79 Å². The Balaban J connectivity index is 2.75. The fourth-order valence-corrected chi connectivity index (χ4v) is 1.62. The Morgan fingerprint density at radius 2 is 2.35 bits per heavy atom. The number of rotatable bonds is 6. The first-order chi connectivity index (χ1) is 9.47. The molecule has 7 heteroatoms. The number of nitrogens with two attached hydrogens (primary N) is 1. The molecule has 1 atom stereocenters. The lowest BCUT2D eigenvalue weighted by Crippen LogP contribution is -2.47. The maximum Gasteiger partial charge on any atom is 0.233 e. The summed E-state index contributed by atoms with van der Waals surface area (Å²) in [6.07, 6.45) is 2.03. The molecule has 1 amide bonds. The second-order valence-corrected chi connectivity index (χ2v) is 4.56. The average Bonchev–Trinajstić information content (AvgIpc) is 2.50. The van der Waals surface area contributed by atoms with Crippen LogP contribution in [0.2, 0.25) is 0 Å². The van der Waals surface area contributed by atoms with Crippen LogP contribution < -0.4 is 15.8 Å². The molecule has 1 rings (SSSR count). The molecule has 0 fully saturated rings. The van der Waals surface area contributed by atoms with E-state index in [4.69, 9.17) is 15.7 Å². The first-order valence-corrected chi connectivity index (χ1v) is 6.23. The van der Waals surface area contributed by atoms with Gasteiger partial charge in [-0.05, 0) is 25.0 Å². The van der Waals surface area contributed by atoms with Gasteiger partial charge in [0.2, 0.25) is 11.8 Å². The van der Waals surface area contributed by atoms with Crippen molar-refractivity contribution < 1.29 is 14.7 Å². The normalized spacial score (nSPS) is 14.4. The Labute approximate surface area is 117 Å². The molecular formula is C13H20N4O3. The predicted octanol–water partition coefficient (Wildman–Crippen LogP) is 0.869. The topological polar surface area (TPSA) is 110 Å². The minimum Gasteiger partial charge on any atom is -0.481 e. The molecule has 0 saturated carbocycles. The van der Waals surface area contributed by atoms with Crippen molar-refractivity contribution in [3.8, 4) is 5.88 Å². The molecule has 1 heterocycles. The summed E-state index contributed by atoms with van der Waals surface area (Å²) in [6, 6.07) is 3.50. The van der Waals surface area contributed by atoms with E-state index in [2.05, 4.69) is 15.5 Å². The van der Waals surface area contributed by atoms with Gasteiger partial charge in [0.05, 0.1) is 7.11 Å². The van der Waals surface area contributed by atoms with Crippen LogP contribution in [0.4, 0.5) is 0 Å². The van der Waals surface area contributed by atoms with Gasteiger partial charge in [0, 0.05) is 18.8 Å². The van der Waals surface area contributed by atoms with E-state index >= 15 is 0 Å². The number of nitrogens with zero attached hydrogens (tertiary/aromatic N) is 2. The standard InChI is InChI=1S/C13H20N4O3/c1-4-13(2,11(14)17-19)12(18)16-8-9-5-6-15-10(7-9)20-3/h5-7,19H,4,8H2,1-3H3,(H2,14,17)(H,16,18). The molecule has 0 aliphatic carbocycles. The third-order valence-electron chi connectivity index (χ3n) is 3.34. The molecule has 0 bridgehead atoms. The fourth-order valence-electron chi connectivity index (χ4n) is 1.62. The van der Waals surface area contributed by atoms with Crippen molar-refractivity contribution in [2.24, 2.45) is 16.3 Å². The Kier molecular flexibility index (Phi) is 5.31. The molecule has 0 aromatic carbocycles. The zero-order valence-corrected chi connectivity index (χ0v) is 11.9. The third-order valence-corrected chi connectivity index (χ3v) is 3.34. The van der Waals surface area contributed by atoms with Crippen LogP contribution >= 0.6 is 0 Å². The van der Waals surface area contributed by atoms with Gasteiger partial charge in [0.25, 0.3) is 0 Å². The smallest absolute Gasteiger partial charge is 0.233 e. The minimum atomic E-state index is -1.04. The molecule has 1 aromatic heterocycles. The van der Waals surface area contributed by atoms with Gasteiger partial charge in [0.1, 0.15) is 5.41 Å². The summed E-state index contributed by atoms with van der Waals surface area (Å²) in [7, 11) is 1.53. The Bertz CT molecular complexity index is 504. The highest BCUT2D eigenvalue weighted by Gasteiger charge is 2.36. The minimum absolute atomic E-state index is 0.107. The number of nitrogens with one attached hydrogen (secondary N) is 1. The second kappa shape index (κ2) is 6.74. The van der Waals surface area contributed by atoms with Gasteiger partial charge in [-0.2, -0.15) is 0 Å². The van der Waals surface area contributed by atoms with Gasteiger partial charge in [-0.15, -0.1) is 0 Å². The van der Waals surface area contributed by atoms with Crippen molar-refractivity contribution >= 4 is 11.7 Å². The maximum absolute atomic E-state index is 12.2. The zero-order valence-electron chi connectivity index (χ0n) is 11.9. The van der Waals surface area contributed by atoms with E-state index < -0.39 is 5.41 Å². The number of carbonyl (C=O) groups excluding carboxylic acids is 1. The molecular weight excluding hydrogens is 260 g/mol. The van der Waals surface area contributed by atoms with Crippen LogP contribution in [0.15, 0.2) is 23.5 Å². The number of methoxy groups -OCH3 is 1. The van der Waals surface area contributed by atoms with Crippen LogP contribution in [0, 0.1) is 5.41 Å². The lowest BCUT2D eigenvalue weighted by Gasteiger charge is -2.25. The van der Waals surface area contributed by atoms with Crippen molar-refractivity contribution in [1.82, 2.24) is 10.3 Å².